The molecule has 0 spiro atoms. The number of esters is 1. The van der Waals surface area contributed by atoms with Crippen LogP contribution in [-0.2, 0) is 39.4 Å². The van der Waals surface area contributed by atoms with E-state index in [2.05, 4.69) is 0 Å². The molecule has 0 bridgehead atoms. The molecule has 1 saturated heterocycles. The number of benzene rings is 1. The first kappa shape index (κ1) is 26.8. The lowest BCUT2D eigenvalue weighted by atomic mass is 9.86. The predicted octanol–water partition coefficient (Wildman–Crippen LogP) is -0.179. The van der Waals surface area contributed by atoms with Gasteiger partial charge in [-0.3, -0.25) is 4.79 Å². The topological polar surface area (TPSA) is 181 Å². The van der Waals surface area contributed by atoms with Crippen LogP contribution in [0.4, 0.5) is 0 Å². The third-order valence-corrected chi connectivity index (χ3v) is 8.23. The number of aryl methyl sites for hydroxylation is 1. The zero-order valence-corrected chi connectivity index (χ0v) is 21.9. The maximum atomic E-state index is 13.5. The molecule has 0 unspecified atom stereocenters. The highest BCUT2D eigenvalue weighted by molar-refractivity contribution is 5.90. The second-order valence-electron chi connectivity index (χ2n) is 10.4. The number of fused-ring (bicyclic) bond motifs is 5. The van der Waals surface area contributed by atoms with Crippen LogP contribution in [0.25, 0.3) is 22.3 Å². The fraction of sp³-hybridized carbons (Fsp3) is 0.464. The average Bonchev–Trinajstić information content (AvgIpc) is 3.32. The number of aliphatic hydroxyl groups is 5. The molecule has 0 aliphatic carbocycles. The lowest BCUT2D eigenvalue weighted by Gasteiger charge is -2.39. The summed E-state index contributed by atoms with van der Waals surface area (Å²) >= 11 is 0. The molecule has 12 nitrogen and oxygen atoms in total. The van der Waals surface area contributed by atoms with Crippen molar-refractivity contribution in [3.8, 4) is 17.1 Å². The van der Waals surface area contributed by atoms with E-state index < -0.39 is 48.9 Å². The molecule has 5 heterocycles. The summed E-state index contributed by atoms with van der Waals surface area (Å²) in [6, 6.07) is 6.72. The van der Waals surface area contributed by atoms with E-state index in [0.717, 1.165) is 16.5 Å². The largest absolute Gasteiger partial charge is 0.462 e. The molecule has 0 amide bonds. The Bertz CT molecular complexity index is 1580. The van der Waals surface area contributed by atoms with Crippen molar-refractivity contribution < 1.29 is 44.5 Å². The number of aromatic nitrogens is 2. The summed E-state index contributed by atoms with van der Waals surface area (Å²) in [4.78, 5) is 30.8. The highest BCUT2D eigenvalue weighted by Gasteiger charge is 2.46. The molecule has 1 fully saturated rings. The molecule has 0 saturated carbocycles. The third kappa shape index (κ3) is 3.79. The Labute approximate surface area is 228 Å². The van der Waals surface area contributed by atoms with Crippen LogP contribution in [0.15, 0.2) is 29.1 Å². The number of ether oxygens (including phenoxy) is 3. The van der Waals surface area contributed by atoms with Crippen LogP contribution in [0.3, 0.4) is 0 Å². The van der Waals surface area contributed by atoms with Crippen molar-refractivity contribution in [3.63, 3.8) is 0 Å². The number of hydrogen-bond acceptors (Lipinski definition) is 11. The Kier molecular flexibility index (Phi) is 6.44. The molecule has 40 heavy (non-hydrogen) atoms. The smallest absolute Gasteiger partial charge is 0.343 e. The van der Waals surface area contributed by atoms with Crippen LogP contribution >= 0.6 is 0 Å². The normalized spacial score (nSPS) is 29.1. The number of aliphatic hydroxyl groups excluding tert-OH is 4. The minimum atomic E-state index is -1.91. The lowest BCUT2D eigenvalue weighted by molar-refractivity contribution is -0.277. The van der Waals surface area contributed by atoms with Gasteiger partial charge in [0.05, 0.1) is 35.6 Å². The van der Waals surface area contributed by atoms with Crippen molar-refractivity contribution >= 4 is 16.9 Å². The van der Waals surface area contributed by atoms with E-state index in [0.29, 0.717) is 29.1 Å². The van der Waals surface area contributed by atoms with Crippen molar-refractivity contribution in [2.45, 2.75) is 76.1 Å². The third-order valence-electron chi connectivity index (χ3n) is 8.23. The molecule has 1 aromatic carbocycles. The zero-order valence-electron chi connectivity index (χ0n) is 21.9. The van der Waals surface area contributed by atoms with Crippen molar-refractivity contribution in [1.82, 2.24) is 9.55 Å². The monoisotopic (exact) mass is 554 g/mol. The maximum absolute atomic E-state index is 13.5. The second kappa shape index (κ2) is 9.61. The number of nitrogens with zero attached hydrogens (tertiary/aromatic N) is 2. The Morgan fingerprint density at radius 2 is 1.88 bits per heavy atom. The molecular weight excluding hydrogens is 524 g/mol. The van der Waals surface area contributed by atoms with Gasteiger partial charge in [0, 0.05) is 16.5 Å². The molecule has 12 heteroatoms. The van der Waals surface area contributed by atoms with Gasteiger partial charge in [0.15, 0.2) is 5.60 Å². The number of carbonyl (C=O) groups is 1. The number of rotatable bonds is 5. The summed E-state index contributed by atoms with van der Waals surface area (Å²) < 4.78 is 18.0. The van der Waals surface area contributed by atoms with E-state index in [4.69, 9.17) is 19.2 Å². The van der Waals surface area contributed by atoms with E-state index in [1.54, 1.807) is 35.8 Å². The molecule has 3 aliphatic heterocycles. The van der Waals surface area contributed by atoms with E-state index in [-0.39, 0.29) is 36.3 Å². The Hall–Kier alpha value is -3.39. The fourth-order valence-electron chi connectivity index (χ4n) is 5.92. The summed E-state index contributed by atoms with van der Waals surface area (Å²) in [5.41, 5.74) is 1.69. The van der Waals surface area contributed by atoms with E-state index in [1.165, 1.54) is 0 Å². The van der Waals surface area contributed by atoms with Gasteiger partial charge in [0.2, 0.25) is 6.29 Å². The van der Waals surface area contributed by atoms with Gasteiger partial charge in [-0.2, -0.15) is 0 Å². The summed E-state index contributed by atoms with van der Waals surface area (Å²) in [7, 11) is 0. The van der Waals surface area contributed by atoms with Crippen molar-refractivity contribution in [2.75, 3.05) is 6.61 Å². The highest BCUT2D eigenvalue weighted by atomic mass is 16.7. The molecular formula is C28H30N2O10. The quantitative estimate of drug-likeness (QED) is 0.207. The first-order valence-electron chi connectivity index (χ1n) is 13.2. The van der Waals surface area contributed by atoms with Crippen molar-refractivity contribution in [1.29, 1.82) is 0 Å². The number of pyridine rings is 2. The highest BCUT2D eigenvalue weighted by Crippen LogP contribution is 2.41. The number of carbonyl (C=O) groups excluding carboxylic acids is 1. The second-order valence-corrected chi connectivity index (χ2v) is 10.4. The molecule has 3 aromatic rings. The number of cyclic esters (lactones) is 1. The number of hydrogen-bond donors (Lipinski definition) is 5. The SMILES string of the molecule is CCc1c2c(nc3ccc(O[C@@H]4O[C@H](CO)[C@@H](O)[C@H](O)[C@H]4O)cc13)-c1cc3c(c(=O)n1C2)COC(=O)[C@]3(O)CC. The van der Waals surface area contributed by atoms with E-state index in [1.807, 2.05) is 6.92 Å². The molecule has 6 atom stereocenters. The zero-order chi connectivity index (χ0) is 28.5. The summed E-state index contributed by atoms with van der Waals surface area (Å²) in [5.74, 6) is -0.474. The van der Waals surface area contributed by atoms with Crippen molar-refractivity contribution in [2.24, 2.45) is 0 Å². The van der Waals surface area contributed by atoms with Crippen LogP contribution in [0, 0.1) is 0 Å². The van der Waals surface area contributed by atoms with Gasteiger partial charge < -0.3 is 44.3 Å². The molecule has 5 N–H and O–H groups in total. The minimum Gasteiger partial charge on any atom is -0.462 e. The van der Waals surface area contributed by atoms with Crippen LogP contribution in [0.5, 0.6) is 5.75 Å². The van der Waals surface area contributed by atoms with Gasteiger partial charge in [0.1, 0.15) is 36.8 Å². The summed E-state index contributed by atoms with van der Waals surface area (Å²) in [6.07, 6.45) is -6.41. The van der Waals surface area contributed by atoms with Gasteiger partial charge in [-0.25, -0.2) is 9.78 Å². The predicted molar refractivity (Wildman–Crippen MR) is 138 cm³/mol. The molecule has 6 rings (SSSR count). The summed E-state index contributed by atoms with van der Waals surface area (Å²) in [5, 5.41) is 51.8. The van der Waals surface area contributed by atoms with Gasteiger partial charge >= 0.3 is 5.97 Å². The van der Waals surface area contributed by atoms with Gasteiger partial charge in [-0.05, 0) is 42.7 Å². The molecule has 3 aliphatic rings. The maximum Gasteiger partial charge on any atom is 0.343 e. The minimum absolute atomic E-state index is 0.0527. The van der Waals surface area contributed by atoms with Crippen molar-refractivity contribution in [3.05, 3.63) is 56.9 Å². The van der Waals surface area contributed by atoms with Crippen LogP contribution < -0.4 is 10.3 Å². The van der Waals surface area contributed by atoms with Crippen LogP contribution in [-0.4, -0.2) is 78.4 Å². The fourth-order valence-corrected chi connectivity index (χ4v) is 5.92. The molecule has 212 valence electrons. The van der Waals surface area contributed by atoms with Gasteiger partial charge in [-0.1, -0.05) is 13.8 Å². The summed E-state index contributed by atoms with van der Waals surface area (Å²) in [6.45, 7) is 3.09. The first-order valence-corrected chi connectivity index (χ1v) is 13.2. The van der Waals surface area contributed by atoms with Gasteiger partial charge in [-0.15, -0.1) is 0 Å². The van der Waals surface area contributed by atoms with Crippen LogP contribution in [0.1, 0.15) is 42.5 Å². The first-order chi connectivity index (χ1) is 19.1. The lowest BCUT2D eigenvalue weighted by Crippen LogP contribution is -2.60. The van der Waals surface area contributed by atoms with Crippen LogP contribution in [0.2, 0.25) is 0 Å². The Balaban J connectivity index is 1.42. The molecule has 0 radical (unpaired) electrons. The average molecular weight is 555 g/mol. The standard InChI is InChI=1S/C28H30N2O10/c1-3-13-14-7-12(39-26-24(34)23(33)22(32)20(10-31)40-26)5-6-18(14)29-21-15(13)9-30-19(21)8-17-16(25(30)35)11-38-27(36)28(17,37)4-2/h5-8,20,22-24,26,31-34,37H,3-4,9-11H2,1-2H3/t20-,22-,23+,24-,26-,28+/m1/s1. The van der Waals surface area contributed by atoms with Gasteiger partial charge in [0.25, 0.3) is 5.56 Å². The Morgan fingerprint density at radius 1 is 1.10 bits per heavy atom. The Morgan fingerprint density at radius 3 is 2.58 bits per heavy atom. The van der Waals surface area contributed by atoms with E-state index >= 15 is 0 Å². The molecule has 2 aromatic heterocycles. The van der Waals surface area contributed by atoms with E-state index in [9.17, 15) is 35.1 Å².